The maximum Gasteiger partial charge on any atom is 0.414 e. The maximum atomic E-state index is 15.4. The minimum Gasteiger partial charge on any atom is -0.442 e. The number of allylic oxidation sites excluding steroid dienone is 10. The number of nitrogens with one attached hydrogen (secondary N) is 2. The first kappa shape index (κ1) is 26.2. The first-order chi connectivity index (χ1) is 18.1. The number of aliphatic imine (C=N–C) groups is 1. The van der Waals surface area contributed by atoms with Gasteiger partial charge in [-0.2, -0.15) is 0 Å². The monoisotopic (exact) mass is 506 g/mol. The van der Waals surface area contributed by atoms with Crippen LogP contribution in [0.3, 0.4) is 0 Å². The molecule has 37 heavy (non-hydrogen) atoms. The van der Waals surface area contributed by atoms with Gasteiger partial charge in [0.05, 0.1) is 19.4 Å². The van der Waals surface area contributed by atoms with Gasteiger partial charge in [-0.05, 0) is 53.8 Å². The van der Waals surface area contributed by atoms with Gasteiger partial charge in [0.15, 0.2) is 0 Å². The predicted molar refractivity (Wildman–Crippen MR) is 145 cm³/mol. The Hall–Kier alpha value is -3.82. The van der Waals surface area contributed by atoms with E-state index < -0.39 is 6.09 Å². The summed E-state index contributed by atoms with van der Waals surface area (Å²) in [6, 6.07) is 3.98. The Morgan fingerprint density at radius 1 is 1.24 bits per heavy atom. The lowest BCUT2D eigenvalue weighted by atomic mass is 10.0. The molecule has 0 radical (unpaired) electrons. The molecule has 8 nitrogen and oxygen atoms in total. The second kappa shape index (κ2) is 12.9. The summed E-state index contributed by atoms with van der Waals surface area (Å²) in [4.78, 5) is 22.0. The Bertz CT molecular complexity index is 1190. The number of hydrazine groups is 1. The minimum absolute atomic E-state index is 0. The Labute approximate surface area is 218 Å². The van der Waals surface area contributed by atoms with Crippen molar-refractivity contribution >= 4 is 12.4 Å². The van der Waals surface area contributed by atoms with Crippen LogP contribution in [0.1, 0.15) is 19.8 Å². The standard InChI is InChI=1S/C28H33FN6O2.H2/c1-30-20-34(31-2)18-25-19-35(28(36)37-25)24-7-4-8-26(27(29)15-24)23-6-3-5-21(9-10-23)16-33-17-22-11-13-32-14-12-22;/h3-4,6-7,9-15,20,25,31,33H,5,8,16-19H2,1-2H3;1H/t25-;/m0./s1. The van der Waals surface area contributed by atoms with Crippen LogP contribution in [0, 0.1) is 0 Å². The van der Waals surface area contributed by atoms with E-state index >= 15 is 4.39 Å². The van der Waals surface area contributed by atoms with Crippen molar-refractivity contribution in [1.29, 1.82) is 0 Å². The molecule has 1 aliphatic heterocycles. The quantitative estimate of drug-likeness (QED) is 0.281. The molecule has 1 aromatic rings. The fourth-order valence-corrected chi connectivity index (χ4v) is 4.33. The number of halogens is 1. The zero-order valence-corrected chi connectivity index (χ0v) is 21.2. The molecule has 0 aromatic carbocycles. The first-order valence-corrected chi connectivity index (χ1v) is 12.3. The molecule has 9 heteroatoms. The smallest absolute Gasteiger partial charge is 0.414 e. The number of amides is 1. The van der Waals surface area contributed by atoms with Crippen LogP contribution in [-0.2, 0) is 11.3 Å². The molecule has 0 bridgehead atoms. The number of carbonyl (C=O) groups excluding carboxylic acids is 1. The molecule has 4 rings (SSSR count). The van der Waals surface area contributed by atoms with Crippen LogP contribution in [0.4, 0.5) is 9.18 Å². The SMILES string of the molecule is CN=CN(C[C@H]1CN(C2=CC(F)=C(C3=CC=C(CNCc4ccncc4)CC=C3)CC=C2)C(=O)O1)NC.[HH]. The Morgan fingerprint density at radius 3 is 2.84 bits per heavy atom. The van der Waals surface area contributed by atoms with E-state index in [9.17, 15) is 4.79 Å². The van der Waals surface area contributed by atoms with E-state index in [1.807, 2.05) is 30.4 Å². The molecular weight excluding hydrogens is 471 g/mol. The molecular formula is C28H35FN6O2. The number of pyridine rings is 1. The lowest BCUT2D eigenvalue weighted by Crippen LogP contribution is -2.41. The van der Waals surface area contributed by atoms with Crippen molar-refractivity contribution in [2.24, 2.45) is 4.99 Å². The van der Waals surface area contributed by atoms with Crippen LogP contribution in [0.25, 0.3) is 0 Å². The summed E-state index contributed by atoms with van der Waals surface area (Å²) in [7, 11) is 3.43. The summed E-state index contributed by atoms with van der Waals surface area (Å²) in [5.41, 5.74) is 7.28. The van der Waals surface area contributed by atoms with Crippen molar-refractivity contribution in [1.82, 2.24) is 25.6 Å². The Kier molecular flexibility index (Phi) is 9.18. The average Bonchev–Trinajstić information content (AvgIpc) is 3.04. The second-order valence-electron chi connectivity index (χ2n) is 8.88. The Morgan fingerprint density at radius 2 is 2.05 bits per heavy atom. The minimum atomic E-state index is -0.484. The third-order valence-electron chi connectivity index (χ3n) is 6.26. The summed E-state index contributed by atoms with van der Waals surface area (Å²) in [6.45, 7) is 2.27. The first-order valence-electron chi connectivity index (χ1n) is 12.3. The van der Waals surface area contributed by atoms with Gasteiger partial charge < -0.3 is 10.1 Å². The van der Waals surface area contributed by atoms with Gasteiger partial charge in [-0.3, -0.25) is 19.9 Å². The highest BCUT2D eigenvalue weighted by atomic mass is 19.1. The number of cyclic esters (lactones) is 1. The van der Waals surface area contributed by atoms with Gasteiger partial charge in [-0.1, -0.05) is 36.0 Å². The number of hydrogen-bond acceptors (Lipinski definition) is 6. The number of carbonyl (C=O) groups is 1. The molecule has 1 fully saturated rings. The second-order valence-corrected chi connectivity index (χ2v) is 8.88. The molecule has 3 aliphatic rings. The Balaban J connectivity index is 0.00000400. The van der Waals surface area contributed by atoms with Crippen LogP contribution < -0.4 is 10.7 Å². The molecule has 1 saturated heterocycles. The van der Waals surface area contributed by atoms with E-state index in [2.05, 4.69) is 32.9 Å². The summed E-state index contributed by atoms with van der Waals surface area (Å²) in [5.74, 6) is -0.352. The normalized spacial score (nSPS) is 20.0. The van der Waals surface area contributed by atoms with Crippen LogP contribution in [0.2, 0.25) is 0 Å². The largest absolute Gasteiger partial charge is 0.442 e. The topological polar surface area (TPSA) is 82.1 Å². The third kappa shape index (κ3) is 7.12. The van der Waals surface area contributed by atoms with Gasteiger partial charge >= 0.3 is 6.09 Å². The summed E-state index contributed by atoms with van der Waals surface area (Å²) < 4.78 is 20.9. The van der Waals surface area contributed by atoms with Gasteiger partial charge in [-0.15, -0.1) is 0 Å². The molecule has 2 heterocycles. The molecule has 2 aliphatic carbocycles. The highest BCUT2D eigenvalue weighted by Crippen LogP contribution is 2.30. The van der Waals surface area contributed by atoms with Crippen molar-refractivity contribution in [3.05, 3.63) is 101 Å². The van der Waals surface area contributed by atoms with Crippen molar-refractivity contribution in [3.8, 4) is 0 Å². The van der Waals surface area contributed by atoms with E-state index in [1.165, 1.54) is 22.1 Å². The lowest BCUT2D eigenvalue weighted by Gasteiger charge is -2.20. The molecule has 0 spiro atoms. The van der Waals surface area contributed by atoms with Crippen LogP contribution in [0.5, 0.6) is 0 Å². The molecule has 2 N–H and O–H groups in total. The molecule has 1 atom stereocenters. The van der Waals surface area contributed by atoms with E-state index in [4.69, 9.17) is 4.74 Å². The predicted octanol–water partition coefficient (Wildman–Crippen LogP) is 4.21. The number of rotatable bonds is 10. The number of hydrogen-bond donors (Lipinski definition) is 2. The number of aromatic nitrogens is 1. The summed E-state index contributed by atoms with van der Waals surface area (Å²) >= 11 is 0. The third-order valence-corrected chi connectivity index (χ3v) is 6.26. The van der Waals surface area contributed by atoms with Crippen molar-refractivity contribution < 1.29 is 15.3 Å². The molecule has 0 saturated carbocycles. The van der Waals surface area contributed by atoms with Gasteiger partial charge in [0, 0.05) is 46.7 Å². The number of ether oxygens (including phenoxy) is 1. The maximum absolute atomic E-state index is 15.4. The van der Waals surface area contributed by atoms with Gasteiger partial charge in [0.25, 0.3) is 0 Å². The highest BCUT2D eigenvalue weighted by Gasteiger charge is 2.34. The van der Waals surface area contributed by atoms with E-state index in [0.29, 0.717) is 30.8 Å². The van der Waals surface area contributed by atoms with Crippen molar-refractivity contribution in [2.45, 2.75) is 25.5 Å². The molecule has 0 unspecified atom stereocenters. The summed E-state index contributed by atoms with van der Waals surface area (Å²) in [5, 5.41) is 5.18. The van der Waals surface area contributed by atoms with Crippen LogP contribution in [0.15, 0.2) is 100 Å². The molecule has 1 amide bonds. The van der Waals surface area contributed by atoms with Gasteiger partial charge in [-0.25, -0.2) is 14.6 Å². The highest BCUT2D eigenvalue weighted by molar-refractivity contribution is 5.73. The van der Waals surface area contributed by atoms with Crippen molar-refractivity contribution in [2.75, 3.05) is 33.7 Å². The lowest BCUT2D eigenvalue weighted by molar-refractivity contribution is 0.117. The number of nitrogens with zero attached hydrogens (tertiary/aromatic N) is 4. The fourth-order valence-electron chi connectivity index (χ4n) is 4.33. The van der Waals surface area contributed by atoms with Crippen LogP contribution in [-0.4, -0.2) is 67.2 Å². The zero-order chi connectivity index (χ0) is 26.0. The van der Waals surface area contributed by atoms with Gasteiger partial charge in [0.1, 0.15) is 11.9 Å². The van der Waals surface area contributed by atoms with Crippen molar-refractivity contribution in [3.63, 3.8) is 0 Å². The van der Waals surface area contributed by atoms with E-state index in [0.717, 1.165) is 25.1 Å². The zero-order valence-electron chi connectivity index (χ0n) is 21.2. The summed E-state index contributed by atoms with van der Waals surface area (Å²) in [6.07, 6.45) is 18.7. The van der Waals surface area contributed by atoms with E-state index in [-0.39, 0.29) is 13.4 Å². The van der Waals surface area contributed by atoms with Gasteiger partial charge in [0.2, 0.25) is 0 Å². The molecule has 1 aromatic heterocycles. The van der Waals surface area contributed by atoms with E-state index in [1.54, 1.807) is 43.9 Å². The molecule has 196 valence electrons. The fraction of sp³-hybridized carbons (Fsp3) is 0.321. The van der Waals surface area contributed by atoms with Crippen LogP contribution >= 0.6 is 0 Å². The average molecular weight is 507 g/mol.